The van der Waals surface area contributed by atoms with Crippen LogP contribution in [0.15, 0.2) is 24.3 Å². The fourth-order valence-corrected chi connectivity index (χ4v) is 2.43. The van der Waals surface area contributed by atoms with Gasteiger partial charge in [0.1, 0.15) is 5.82 Å². The predicted octanol–water partition coefficient (Wildman–Crippen LogP) is 3.54. The summed E-state index contributed by atoms with van der Waals surface area (Å²) in [6.07, 6.45) is 6.56. The van der Waals surface area contributed by atoms with E-state index in [1.54, 1.807) is 0 Å². The van der Waals surface area contributed by atoms with Crippen molar-refractivity contribution in [2.75, 3.05) is 6.54 Å². The number of rotatable bonds is 6. The molecular formula is C15H22FN. The van der Waals surface area contributed by atoms with E-state index in [4.69, 9.17) is 0 Å². The Labute approximate surface area is 103 Å². The van der Waals surface area contributed by atoms with Crippen LogP contribution in [0.25, 0.3) is 0 Å². The summed E-state index contributed by atoms with van der Waals surface area (Å²) in [4.78, 5) is 0. The second-order valence-corrected chi connectivity index (χ2v) is 5.26. The van der Waals surface area contributed by atoms with E-state index in [0.717, 1.165) is 18.9 Å². The lowest BCUT2D eigenvalue weighted by molar-refractivity contribution is 0.266. The summed E-state index contributed by atoms with van der Waals surface area (Å²) in [6.45, 7) is 3.25. The van der Waals surface area contributed by atoms with Crippen molar-refractivity contribution in [1.29, 1.82) is 0 Å². The SMILES string of the molecule is CC(CC1CCC1)NCCc1ccc(F)cc1. The lowest BCUT2D eigenvalue weighted by Gasteiger charge is -2.28. The minimum atomic E-state index is -0.153. The van der Waals surface area contributed by atoms with Gasteiger partial charge in [0.15, 0.2) is 0 Å². The van der Waals surface area contributed by atoms with Crippen LogP contribution in [0.4, 0.5) is 4.39 Å². The van der Waals surface area contributed by atoms with Crippen LogP contribution in [0.2, 0.25) is 0 Å². The lowest BCUT2D eigenvalue weighted by atomic mass is 9.81. The van der Waals surface area contributed by atoms with Gasteiger partial charge in [-0.05, 0) is 49.9 Å². The third kappa shape index (κ3) is 4.12. The van der Waals surface area contributed by atoms with Crippen molar-refractivity contribution in [3.63, 3.8) is 0 Å². The minimum absolute atomic E-state index is 0.153. The predicted molar refractivity (Wildman–Crippen MR) is 69.5 cm³/mol. The molecule has 0 amide bonds. The summed E-state index contributed by atoms with van der Waals surface area (Å²) in [5.41, 5.74) is 1.20. The van der Waals surface area contributed by atoms with Gasteiger partial charge in [-0.15, -0.1) is 0 Å². The summed E-state index contributed by atoms with van der Waals surface area (Å²) in [7, 11) is 0. The average molecular weight is 235 g/mol. The first kappa shape index (κ1) is 12.6. The van der Waals surface area contributed by atoms with Crippen LogP contribution >= 0.6 is 0 Å². The molecule has 1 atom stereocenters. The molecule has 1 aromatic rings. The van der Waals surface area contributed by atoms with Crippen LogP contribution in [-0.4, -0.2) is 12.6 Å². The molecule has 0 spiro atoms. The molecule has 0 radical (unpaired) electrons. The zero-order valence-corrected chi connectivity index (χ0v) is 10.6. The van der Waals surface area contributed by atoms with Gasteiger partial charge in [0.25, 0.3) is 0 Å². The maximum Gasteiger partial charge on any atom is 0.123 e. The van der Waals surface area contributed by atoms with E-state index in [1.807, 2.05) is 12.1 Å². The van der Waals surface area contributed by atoms with E-state index in [2.05, 4.69) is 12.2 Å². The van der Waals surface area contributed by atoms with Crippen LogP contribution in [0, 0.1) is 11.7 Å². The van der Waals surface area contributed by atoms with Crippen molar-refractivity contribution in [3.05, 3.63) is 35.6 Å². The third-order valence-electron chi connectivity index (χ3n) is 3.73. The van der Waals surface area contributed by atoms with Crippen molar-refractivity contribution < 1.29 is 4.39 Å². The summed E-state index contributed by atoms with van der Waals surface area (Å²) in [5.74, 6) is 0.809. The number of benzene rings is 1. The lowest BCUT2D eigenvalue weighted by Crippen LogP contribution is -2.31. The maximum atomic E-state index is 12.7. The van der Waals surface area contributed by atoms with Gasteiger partial charge in [-0.2, -0.15) is 0 Å². The molecule has 1 N–H and O–H groups in total. The zero-order chi connectivity index (χ0) is 12.1. The Morgan fingerprint density at radius 3 is 2.59 bits per heavy atom. The van der Waals surface area contributed by atoms with Gasteiger partial charge in [-0.1, -0.05) is 31.4 Å². The van der Waals surface area contributed by atoms with Crippen molar-refractivity contribution in [1.82, 2.24) is 5.32 Å². The molecule has 1 unspecified atom stereocenters. The molecule has 0 heterocycles. The van der Waals surface area contributed by atoms with E-state index < -0.39 is 0 Å². The Morgan fingerprint density at radius 2 is 2.00 bits per heavy atom. The third-order valence-corrected chi connectivity index (χ3v) is 3.73. The van der Waals surface area contributed by atoms with Gasteiger partial charge >= 0.3 is 0 Å². The molecule has 17 heavy (non-hydrogen) atoms. The maximum absolute atomic E-state index is 12.7. The Morgan fingerprint density at radius 1 is 1.29 bits per heavy atom. The summed E-state index contributed by atoms with van der Waals surface area (Å²) < 4.78 is 12.7. The smallest absolute Gasteiger partial charge is 0.123 e. The van der Waals surface area contributed by atoms with Gasteiger partial charge in [-0.25, -0.2) is 4.39 Å². The first-order valence-corrected chi connectivity index (χ1v) is 6.72. The molecule has 0 aromatic heterocycles. The minimum Gasteiger partial charge on any atom is -0.314 e. The van der Waals surface area contributed by atoms with E-state index in [-0.39, 0.29) is 5.82 Å². The van der Waals surface area contributed by atoms with E-state index in [9.17, 15) is 4.39 Å². The molecule has 2 heteroatoms. The standard InChI is InChI=1S/C15H22FN/c1-12(11-14-3-2-4-14)17-10-9-13-5-7-15(16)8-6-13/h5-8,12,14,17H,2-4,9-11H2,1H3. The van der Waals surface area contributed by atoms with Gasteiger partial charge in [0, 0.05) is 6.04 Å². The largest absolute Gasteiger partial charge is 0.314 e. The molecule has 1 aromatic carbocycles. The highest BCUT2D eigenvalue weighted by Gasteiger charge is 2.19. The van der Waals surface area contributed by atoms with Crippen molar-refractivity contribution >= 4 is 0 Å². The van der Waals surface area contributed by atoms with Gasteiger partial charge in [-0.3, -0.25) is 0 Å². The van der Waals surface area contributed by atoms with Gasteiger partial charge in [0.2, 0.25) is 0 Å². The summed E-state index contributed by atoms with van der Waals surface area (Å²) in [5, 5.41) is 3.55. The Hall–Kier alpha value is -0.890. The molecule has 1 nitrogen and oxygen atoms in total. The first-order chi connectivity index (χ1) is 8.24. The fraction of sp³-hybridized carbons (Fsp3) is 0.600. The molecule has 1 aliphatic rings. The van der Waals surface area contributed by atoms with Crippen LogP contribution in [0.3, 0.4) is 0 Å². The van der Waals surface area contributed by atoms with Crippen LogP contribution < -0.4 is 5.32 Å². The molecule has 1 fully saturated rings. The van der Waals surface area contributed by atoms with Crippen molar-refractivity contribution in [2.24, 2.45) is 5.92 Å². The average Bonchev–Trinajstić information content (AvgIpc) is 2.26. The Bertz CT molecular complexity index is 329. The van der Waals surface area contributed by atoms with E-state index in [1.165, 1.54) is 43.4 Å². The zero-order valence-electron chi connectivity index (χ0n) is 10.6. The Kier molecular flexibility index (Phi) is 4.55. The highest BCUT2D eigenvalue weighted by atomic mass is 19.1. The van der Waals surface area contributed by atoms with Crippen LogP contribution in [0.5, 0.6) is 0 Å². The van der Waals surface area contributed by atoms with Crippen molar-refractivity contribution in [2.45, 2.75) is 45.1 Å². The molecule has 0 bridgehead atoms. The number of nitrogens with one attached hydrogen (secondary N) is 1. The first-order valence-electron chi connectivity index (χ1n) is 6.72. The second-order valence-electron chi connectivity index (χ2n) is 5.26. The highest BCUT2D eigenvalue weighted by molar-refractivity contribution is 5.16. The molecular weight excluding hydrogens is 213 g/mol. The van der Waals surface area contributed by atoms with Crippen LogP contribution in [0.1, 0.15) is 38.2 Å². The molecule has 0 saturated heterocycles. The molecule has 0 aliphatic heterocycles. The fourth-order valence-electron chi connectivity index (χ4n) is 2.43. The van der Waals surface area contributed by atoms with E-state index >= 15 is 0 Å². The molecule has 2 rings (SSSR count). The van der Waals surface area contributed by atoms with Crippen LogP contribution in [-0.2, 0) is 6.42 Å². The number of hydrogen-bond acceptors (Lipinski definition) is 1. The quantitative estimate of drug-likeness (QED) is 0.795. The topological polar surface area (TPSA) is 12.0 Å². The van der Waals surface area contributed by atoms with Crippen molar-refractivity contribution in [3.8, 4) is 0 Å². The number of halogens is 1. The van der Waals surface area contributed by atoms with Gasteiger partial charge < -0.3 is 5.32 Å². The van der Waals surface area contributed by atoms with E-state index in [0.29, 0.717) is 6.04 Å². The summed E-state index contributed by atoms with van der Waals surface area (Å²) in [6, 6.07) is 7.42. The Balaban J connectivity index is 1.62. The second kappa shape index (κ2) is 6.15. The van der Waals surface area contributed by atoms with Gasteiger partial charge in [0.05, 0.1) is 0 Å². The molecule has 1 aliphatic carbocycles. The highest BCUT2D eigenvalue weighted by Crippen LogP contribution is 2.30. The summed E-state index contributed by atoms with van der Waals surface area (Å²) >= 11 is 0. The molecule has 1 saturated carbocycles. The number of hydrogen-bond donors (Lipinski definition) is 1. The molecule has 94 valence electrons. The monoisotopic (exact) mass is 235 g/mol. The normalized spacial score (nSPS) is 17.8.